The van der Waals surface area contributed by atoms with E-state index in [4.69, 9.17) is 4.74 Å². The molecule has 0 spiro atoms. The molecule has 0 aliphatic carbocycles. The Morgan fingerprint density at radius 1 is 1.40 bits per heavy atom. The zero-order valence-electron chi connectivity index (χ0n) is 12.5. The van der Waals surface area contributed by atoms with Crippen molar-refractivity contribution >= 4 is 5.97 Å². The maximum atomic E-state index is 11.8. The van der Waals surface area contributed by atoms with Gasteiger partial charge in [0.2, 0.25) is 0 Å². The zero-order valence-corrected chi connectivity index (χ0v) is 12.5. The first kappa shape index (κ1) is 16.4. The van der Waals surface area contributed by atoms with E-state index in [0.717, 1.165) is 19.5 Å². The third-order valence-corrected chi connectivity index (χ3v) is 3.23. The van der Waals surface area contributed by atoms with Gasteiger partial charge in [-0.2, -0.15) is 0 Å². The summed E-state index contributed by atoms with van der Waals surface area (Å²) in [5.41, 5.74) is 1.28. The van der Waals surface area contributed by atoms with Crippen LogP contribution in [0, 0.1) is 5.92 Å². The molecule has 1 aromatic rings. The largest absolute Gasteiger partial charge is 0.466 e. The summed E-state index contributed by atoms with van der Waals surface area (Å²) >= 11 is 0. The number of nitrogens with zero attached hydrogens (tertiary/aromatic N) is 1. The van der Waals surface area contributed by atoms with Crippen molar-refractivity contribution in [2.24, 2.45) is 5.92 Å². The number of carbonyl (C=O) groups excluding carboxylic acids is 1. The molecule has 0 saturated heterocycles. The summed E-state index contributed by atoms with van der Waals surface area (Å²) in [6.45, 7) is 7.75. The lowest BCUT2D eigenvalue weighted by molar-refractivity contribution is -0.148. The lowest BCUT2D eigenvalue weighted by Gasteiger charge is -2.20. The van der Waals surface area contributed by atoms with Gasteiger partial charge in [0.15, 0.2) is 0 Å². The minimum absolute atomic E-state index is 0.0781. The summed E-state index contributed by atoms with van der Waals surface area (Å²) in [7, 11) is 2.07. The highest BCUT2D eigenvalue weighted by Gasteiger charge is 2.18. The Hall–Kier alpha value is -1.61. The Morgan fingerprint density at radius 3 is 2.70 bits per heavy atom. The molecule has 0 heterocycles. The molecule has 0 aliphatic heterocycles. The first-order valence-electron chi connectivity index (χ1n) is 7.17. The van der Waals surface area contributed by atoms with E-state index < -0.39 is 0 Å². The van der Waals surface area contributed by atoms with Crippen molar-refractivity contribution in [1.82, 2.24) is 4.90 Å². The Labute approximate surface area is 122 Å². The average Bonchev–Trinajstić information content (AvgIpc) is 2.44. The third-order valence-electron chi connectivity index (χ3n) is 3.23. The van der Waals surface area contributed by atoms with Crippen LogP contribution in [0.15, 0.2) is 43.0 Å². The Morgan fingerprint density at radius 2 is 2.10 bits per heavy atom. The highest BCUT2D eigenvalue weighted by atomic mass is 16.5. The molecule has 3 nitrogen and oxygen atoms in total. The van der Waals surface area contributed by atoms with Crippen LogP contribution < -0.4 is 0 Å². The maximum Gasteiger partial charge on any atom is 0.309 e. The van der Waals surface area contributed by atoms with Crippen LogP contribution in [0.2, 0.25) is 0 Å². The zero-order chi connectivity index (χ0) is 14.8. The van der Waals surface area contributed by atoms with Gasteiger partial charge >= 0.3 is 5.97 Å². The van der Waals surface area contributed by atoms with Gasteiger partial charge < -0.3 is 9.64 Å². The predicted octanol–water partition coefficient (Wildman–Crippen LogP) is 3.26. The minimum Gasteiger partial charge on any atom is -0.466 e. The van der Waals surface area contributed by atoms with Gasteiger partial charge in [-0.15, -0.1) is 6.58 Å². The topological polar surface area (TPSA) is 29.5 Å². The Balaban J connectivity index is 2.42. The van der Waals surface area contributed by atoms with Gasteiger partial charge in [0.05, 0.1) is 12.5 Å². The summed E-state index contributed by atoms with van der Waals surface area (Å²) in [6, 6.07) is 10.3. The molecule has 0 N–H and O–H groups in total. The van der Waals surface area contributed by atoms with E-state index in [9.17, 15) is 4.79 Å². The van der Waals surface area contributed by atoms with Crippen LogP contribution in [0.5, 0.6) is 0 Å². The van der Waals surface area contributed by atoms with Crippen LogP contribution in [0.1, 0.15) is 25.3 Å². The fourth-order valence-corrected chi connectivity index (χ4v) is 2.14. The Bertz CT molecular complexity index is 403. The smallest absolute Gasteiger partial charge is 0.309 e. The van der Waals surface area contributed by atoms with E-state index in [1.807, 2.05) is 25.1 Å². The van der Waals surface area contributed by atoms with E-state index in [1.165, 1.54) is 5.56 Å². The molecule has 0 aliphatic rings. The fourth-order valence-electron chi connectivity index (χ4n) is 2.14. The summed E-state index contributed by atoms with van der Waals surface area (Å²) in [5, 5.41) is 0. The van der Waals surface area contributed by atoms with Crippen molar-refractivity contribution < 1.29 is 9.53 Å². The molecule has 3 heteroatoms. The quantitative estimate of drug-likeness (QED) is 0.512. The van der Waals surface area contributed by atoms with Gasteiger partial charge in [-0.3, -0.25) is 4.79 Å². The summed E-state index contributed by atoms with van der Waals surface area (Å²) in [5.74, 6) is -0.189. The van der Waals surface area contributed by atoms with Crippen LogP contribution >= 0.6 is 0 Å². The lowest BCUT2D eigenvalue weighted by atomic mass is 10.0. The van der Waals surface area contributed by atoms with Crippen LogP contribution in [0.25, 0.3) is 0 Å². The molecule has 1 atom stereocenters. The average molecular weight is 275 g/mol. The number of hydrogen-bond acceptors (Lipinski definition) is 3. The van der Waals surface area contributed by atoms with Gasteiger partial charge in [-0.1, -0.05) is 36.4 Å². The molecule has 0 aromatic heterocycles. The van der Waals surface area contributed by atoms with Crippen molar-refractivity contribution in [3.63, 3.8) is 0 Å². The normalized spacial score (nSPS) is 12.2. The molecule has 20 heavy (non-hydrogen) atoms. The van der Waals surface area contributed by atoms with Crippen molar-refractivity contribution in [3.8, 4) is 0 Å². The van der Waals surface area contributed by atoms with Crippen LogP contribution in [-0.4, -0.2) is 31.1 Å². The first-order chi connectivity index (χ1) is 9.67. The lowest BCUT2D eigenvalue weighted by Crippen LogP contribution is -2.25. The molecule has 0 radical (unpaired) electrons. The van der Waals surface area contributed by atoms with Crippen molar-refractivity contribution in [3.05, 3.63) is 48.6 Å². The highest BCUT2D eigenvalue weighted by Crippen LogP contribution is 2.13. The number of esters is 1. The number of rotatable bonds is 9. The molecule has 0 bridgehead atoms. The van der Waals surface area contributed by atoms with E-state index in [1.54, 1.807) is 6.08 Å². The summed E-state index contributed by atoms with van der Waals surface area (Å²) in [6.07, 6.45) is 3.27. The standard InChI is InChI=1S/C17H25NO2/c1-4-9-16(17(19)20-5-2)12-13-18(3)14-15-10-7-6-8-11-15/h4,6-8,10-11,16H,1,5,9,12-14H2,2-3H3/t16-/m1/s1. The summed E-state index contributed by atoms with van der Waals surface area (Å²) < 4.78 is 5.10. The number of benzene rings is 1. The molecule has 1 aromatic carbocycles. The van der Waals surface area contributed by atoms with E-state index in [0.29, 0.717) is 13.0 Å². The minimum atomic E-state index is -0.111. The van der Waals surface area contributed by atoms with Gasteiger partial charge in [-0.25, -0.2) is 0 Å². The molecule has 110 valence electrons. The van der Waals surface area contributed by atoms with Gasteiger partial charge in [0.1, 0.15) is 0 Å². The van der Waals surface area contributed by atoms with Crippen molar-refractivity contribution in [1.29, 1.82) is 0 Å². The first-order valence-corrected chi connectivity index (χ1v) is 7.17. The maximum absolute atomic E-state index is 11.8. The van der Waals surface area contributed by atoms with E-state index in [-0.39, 0.29) is 11.9 Å². The van der Waals surface area contributed by atoms with E-state index >= 15 is 0 Å². The van der Waals surface area contributed by atoms with Crippen molar-refractivity contribution in [2.45, 2.75) is 26.3 Å². The van der Waals surface area contributed by atoms with Crippen LogP contribution in [-0.2, 0) is 16.1 Å². The third kappa shape index (κ3) is 6.02. The SMILES string of the molecule is C=CC[C@H](CCN(C)Cc1ccccc1)C(=O)OCC. The highest BCUT2D eigenvalue weighted by molar-refractivity contribution is 5.72. The summed E-state index contributed by atoms with van der Waals surface area (Å²) in [4.78, 5) is 14.0. The predicted molar refractivity (Wildman–Crippen MR) is 82.3 cm³/mol. The van der Waals surface area contributed by atoms with Crippen molar-refractivity contribution in [2.75, 3.05) is 20.2 Å². The molecular weight excluding hydrogens is 250 g/mol. The second kappa shape index (κ2) is 9.32. The number of ether oxygens (including phenoxy) is 1. The molecule has 0 fully saturated rings. The molecule has 1 rings (SSSR count). The number of allylic oxidation sites excluding steroid dienone is 1. The van der Waals surface area contributed by atoms with E-state index in [2.05, 4.69) is 30.7 Å². The van der Waals surface area contributed by atoms with Gasteiger partial charge in [0.25, 0.3) is 0 Å². The second-order valence-electron chi connectivity index (χ2n) is 4.99. The second-order valence-corrected chi connectivity index (χ2v) is 4.99. The number of hydrogen-bond donors (Lipinski definition) is 0. The molecular formula is C17H25NO2. The molecule has 0 saturated carbocycles. The monoisotopic (exact) mass is 275 g/mol. The fraction of sp³-hybridized carbons (Fsp3) is 0.471. The molecule has 0 unspecified atom stereocenters. The van der Waals surface area contributed by atoms with Gasteiger partial charge in [0, 0.05) is 6.54 Å². The van der Waals surface area contributed by atoms with Crippen LogP contribution in [0.4, 0.5) is 0 Å². The van der Waals surface area contributed by atoms with Crippen LogP contribution in [0.3, 0.4) is 0 Å². The Kier molecular flexibility index (Phi) is 7.66. The number of carbonyl (C=O) groups is 1. The molecule has 0 amide bonds. The van der Waals surface area contributed by atoms with Gasteiger partial charge in [-0.05, 0) is 38.9 Å².